The summed E-state index contributed by atoms with van der Waals surface area (Å²) in [6.07, 6.45) is -0.0534. The van der Waals surface area contributed by atoms with Gasteiger partial charge in [0.15, 0.2) is 0 Å². The molecule has 0 saturated carbocycles. The van der Waals surface area contributed by atoms with E-state index in [-0.39, 0.29) is 6.10 Å². The van der Waals surface area contributed by atoms with Crippen LogP contribution in [0.4, 0.5) is 5.69 Å². The summed E-state index contributed by atoms with van der Waals surface area (Å²) in [4.78, 5) is 4.46. The fourth-order valence-corrected chi connectivity index (χ4v) is 2.88. The minimum Gasteiger partial charge on any atom is -0.481 e. The summed E-state index contributed by atoms with van der Waals surface area (Å²) < 4.78 is 16.6. The SMILES string of the molecule is COc1cc(Oc2ccc(N)c(Cl)c2)c2cc(C#N)c([C@@H]3CO3)cc2n1. The van der Waals surface area contributed by atoms with Crippen molar-refractivity contribution < 1.29 is 14.2 Å². The molecule has 2 N–H and O–H groups in total. The Hall–Kier alpha value is -3.01. The predicted octanol–water partition coefficient (Wildman–Crippen LogP) is 4.21. The summed E-state index contributed by atoms with van der Waals surface area (Å²) in [6.45, 7) is 0.609. The Labute approximate surface area is 154 Å². The summed E-state index contributed by atoms with van der Waals surface area (Å²) >= 11 is 6.07. The van der Waals surface area contributed by atoms with Crippen LogP contribution < -0.4 is 15.2 Å². The van der Waals surface area contributed by atoms with Gasteiger partial charge < -0.3 is 19.9 Å². The first-order valence-electron chi connectivity index (χ1n) is 7.86. The first-order valence-corrected chi connectivity index (χ1v) is 8.24. The molecule has 1 aliphatic rings. The number of anilines is 1. The Balaban J connectivity index is 1.86. The molecule has 1 aliphatic heterocycles. The van der Waals surface area contributed by atoms with Crippen molar-refractivity contribution in [3.63, 3.8) is 0 Å². The van der Waals surface area contributed by atoms with E-state index in [1.165, 1.54) is 7.11 Å². The number of hydrogen-bond donors (Lipinski definition) is 1. The number of aromatic nitrogens is 1. The van der Waals surface area contributed by atoms with E-state index >= 15 is 0 Å². The van der Waals surface area contributed by atoms with Gasteiger partial charge in [0, 0.05) is 23.1 Å². The van der Waals surface area contributed by atoms with Crippen LogP contribution in [0.25, 0.3) is 10.9 Å². The zero-order valence-electron chi connectivity index (χ0n) is 13.8. The number of nitrogens with two attached hydrogens (primary N) is 1. The summed E-state index contributed by atoms with van der Waals surface area (Å²) in [6, 6.07) is 12.5. The second-order valence-electron chi connectivity index (χ2n) is 5.84. The number of ether oxygens (including phenoxy) is 3. The molecule has 26 heavy (non-hydrogen) atoms. The van der Waals surface area contributed by atoms with Gasteiger partial charge in [0.05, 0.1) is 41.6 Å². The number of fused-ring (bicyclic) bond motifs is 1. The highest BCUT2D eigenvalue weighted by Gasteiger charge is 2.28. The third-order valence-electron chi connectivity index (χ3n) is 4.13. The first-order chi connectivity index (χ1) is 12.6. The number of halogens is 1. The van der Waals surface area contributed by atoms with Crippen molar-refractivity contribution in [2.45, 2.75) is 6.10 Å². The largest absolute Gasteiger partial charge is 0.481 e. The van der Waals surface area contributed by atoms with Crippen LogP contribution in [-0.2, 0) is 4.74 Å². The van der Waals surface area contributed by atoms with Crippen molar-refractivity contribution in [3.05, 3.63) is 52.5 Å². The van der Waals surface area contributed by atoms with E-state index in [9.17, 15) is 5.26 Å². The molecule has 3 aromatic rings. The Morgan fingerprint density at radius 1 is 1.31 bits per heavy atom. The van der Waals surface area contributed by atoms with Gasteiger partial charge in [-0.3, -0.25) is 0 Å². The molecule has 1 atom stereocenters. The number of nitrogens with zero attached hydrogens (tertiary/aromatic N) is 2. The Morgan fingerprint density at radius 2 is 2.12 bits per heavy atom. The van der Waals surface area contributed by atoms with E-state index in [1.807, 2.05) is 6.07 Å². The van der Waals surface area contributed by atoms with Crippen LogP contribution in [-0.4, -0.2) is 18.7 Å². The quantitative estimate of drug-likeness (QED) is 0.548. The molecule has 0 radical (unpaired) electrons. The summed E-state index contributed by atoms with van der Waals surface area (Å²) in [7, 11) is 1.53. The van der Waals surface area contributed by atoms with Crippen molar-refractivity contribution in [1.82, 2.24) is 4.98 Å². The number of nitriles is 1. The zero-order valence-corrected chi connectivity index (χ0v) is 14.6. The second-order valence-corrected chi connectivity index (χ2v) is 6.25. The second kappa shape index (κ2) is 6.37. The van der Waals surface area contributed by atoms with Crippen LogP contribution in [0.1, 0.15) is 17.2 Å². The maximum Gasteiger partial charge on any atom is 0.217 e. The minimum atomic E-state index is -0.0534. The number of methoxy groups -OCH3 is 1. The lowest BCUT2D eigenvalue weighted by atomic mass is 10.0. The first kappa shape index (κ1) is 16.5. The molecule has 0 unspecified atom stereocenters. The van der Waals surface area contributed by atoms with E-state index in [0.29, 0.717) is 51.2 Å². The molecule has 6 nitrogen and oxygen atoms in total. The van der Waals surface area contributed by atoms with Gasteiger partial charge in [0.1, 0.15) is 17.6 Å². The minimum absolute atomic E-state index is 0.0534. The summed E-state index contributed by atoms with van der Waals surface area (Å²) in [5.41, 5.74) is 8.22. The Morgan fingerprint density at radius 3 is 2.77 bits per heavy atom. The van der Waals surface area contributed by atoms with Crippen molar-refractivity contribution >= 4 is 28.2 Å². The lowest BCUT2D eigenvalue weighted by molar-refractivity contribution is 0.395. The lowest BCUT2D eigenvalue weighted by Crippen LogP contribution is -1.96. The monoisotopic (exact) mass is 367 g/mol. The third-order valence-corrected chi connectivity index (χ3v) is 4.46. The molecule has 130 valence electrons. The van der Waals surface area contributed by atoms with Gasteiger partial charge in [-0.1, -0.05) is 11.6 Å². The number of benzene rings is 2. The van der Waals surface area contributed by atoms with Crippen LogP contribution in [0.3, 0.4) is 0 Å². The van der Waals surface area contributed by atoms with Gasteiger partial charge in [-0.15, -0.1) is 0 Å². The van der Waals surface area contributed by atoms with Crippen molar-refractivity contribution in [2.75, 3.05) is 19.5 Å². The van der Waals surface area contributed by atoms with Crippen molar-refractivity contribution in [1.29, 1.82) is 5.26 Å². The van der Waals surface area contributed by atoms with E-state index in [4.69, 9.17) is 31.5 Å². The van der Waals surface area contributed by atoms with Crippen LogP contribution in [0.5, 0.6) is 17.4 Å². The molecular weight excluding hydrogens is 354 g/mol. The average Bonchev–Trinajstić information content (AvgIpc) is 3.48. The zero-order chi connectivity index (χ0) is 18.3. The van der Waals surface area contributed by atoms with Gasteiger partial charge in [-0.2, -0.15) is 5.26 Å². The molecule has 0 bridgehead atoms. The molecule has 2 heterocycles. The molecule has 1 saturated heterocycles. The van der Waals surface area contributed by atoms with Gasteiger partial charge in [0.25, 0.3) is 0 Å². The van der Waals surface area contributed by atoms with E-state index in [0.717, 1.165) is 5.56 Å². The van der Waals surface area contributed by atoms with E-state index < -0.39 is 0 Å². The molecule has 1 fully saturated rings. The highest BCUT2D eigenvalue weighted by Crippen LogP contribution is 2.39. The fourth-order valence-electron chi connectivity index (χ4n) is 2.71. The number of rotatable bonds is 4. The maximum absolute atomic E-state index is 9.48. The molecule has 2 aromatic carbocycles. The normalized spacial score (nSPS) is 15.5. The smallest absolute Gasteiger partial charge is 0.217 e. The van der Waals surface area contributed by atoms with Crippen molar-refractivity contribution in [3.8, 4) is 23.4 Å². The van der Waals surface area contributed by atoms with Crippen molar-refractivity contribution in [2.24, 2.45) is 0 Å². The summed E-state index contributed by atoms with van der Waals surface area (Å²) in [5.74, 6) is 1.43. The maximum atomic E-state index is 9.48. The number of nitrogen functional groups attached to an aromatic ring is 1. The Kier molecular flexibility index (Phi) is 4.03. The Bertz CT molecular complexity index is 1060. The predicted molar refractivity (Wildman–Crippen MR) is 97.6 cm³/mol. The average molecular weight is 368 g/mol. The van der Waals surface area contributed by atoms with Crippen LogP contribution in [0.2, 0.25) is 5.02 Å². The van der Waals surface area contributed by atoms with E-state index in [1.54, 1.807) is 30.3 Å². The van der Waals surface area contributed by atoms with Crippen LogP contribution in [0, 0.1) is 11.3 Å². The molecular formula is C19H14ClN3O3. The third kappa shape index (κ3) is 2.99. The standard InChI is InChI=1S/C19H14ClN3O3/c1-24-19-7-17(26-11-2-3-15(22)14(20)5-11)13-4-10(8-21)12(18-9-25-18)6-16(13)23-19/h2-7,18H,9,22H2,1H3/t18-/m0/s1. The molecule has 0 spiro atoms. The van der Waals surface area contributed by atoms with Crippen LogP contribution in [0.15, 0.2) is 36.4 Å². The molecule has 0 aliphatic carbocycles. The van der Waals surface area contributed by atoms with Gasteiger partial charge >= 0.3 is 0 Å². The van der Waals surface area contributed by atoms with Gasteiger partial charge in [-0.05, 0) is 24.3 Å². The topological polar surface area (TPSA) is 93.7 Å². The molecule has 4 rings (SSSR count). The van der Waals surface area contributed by atoms with Gasteiger partial charge in [-0.25, -0.2) is 4.98 Å². The summed E-state index contributed by atoms with van der Waals surface area (Å²) in [5, 5.41) is 10.6. The lowest BCUT2D eigenvalue weighted by Gasteiger charge is -2.13. The van der Waals surface area contributed by atoms with Gasteiger partial charge in [0.2, 0.25) is 5.88 Å². The number of pyridine rings is 1. The molecule has 7 heteroatoms. The number of hydrogen-bond acceptors (Lipinski definition) is 6. The van der Waals surface area contributed by atoms with E-state index in [2.05, 4.69) is 11.1 Å². The molecule has 0 amide bonds. The highest BCUT2D eigenvalue weighted by atomic mass is 35.5. The number of epoxide rings is 1. The fraction of sp³-hybridized carbons (Fsp3) is 0.158. The molecule has 1 aromatic heterocycles. The van der Waals surface area contributed by atoms with Crippen LogP contribution >= 0.6 is 11.6 Å². The highest BCUT2D eigenvalue weighted by molar-refractivity contribution is 6.33.